The fourth-order valence-corrected chi connectivity index (χ4v) is 4.22. The molecule has 0 N–H and O–H groups in total. The van der Waals surface area contributed by atoms with Gasteiger partial charge in [-0.2, -0.15) is 0 Å². The maximum Gasteiger partial charge on any atom is 0.0701 e. The summed E-state index contributed by atoms with van der Waals surface area (Å²) < 4.78 is 1.19. The molecule has 0 aliphatic rings. The van der Waals surface area contributed by atoms with Crippen molar-refractivity contribution in [1.29, 1.82) is 0 Å². The van der Waals surface area contributed by atoms with E-state index in [0.29, 0.717) is 4.83 Å². The summed E-state index contributed by atoms with van der Waals surface area (Å²) in [5.41, 5.74) is 2.70. The number of hydrogen-bond donors (Lipinski definition) is 0. The minimum Gasteiger partial charge on any atom is -0.137 e. The summed E-state index contributed by atoms with van der Waals surface area (Å²) in [4.78, 5) is 0.371. The first kappa shape index (κ1) is 13.3. The van der Waals surface area contributed by atoms with Gasteiger partial charge in [-0.05, 0) is 55.7 Å². The van der Waals surface area contributed by atoms with Crippen LogP contribution in [0.25, 0.3) is 10.8 Å². The van der Waals surface area contributed by atoms with E-state index in [4.69, 9.17) is 0 Å². The molecule has 2 aromatic carbocycles. The summed E-state index contributed by atoms with van der Waals surface area (Å²) in [5, 5.41) is 4.81. The highest BCUT2D eigenvalue weighted by Gasteiger charge is 2.10. The van der Waals surface area contributed by atoms with Crippen LogP contribution in [0.3, 0.4) is 0 Å². The van der Waals surface area contributed by atoms with Crippen LogP contribution >= 0.6 is 43.2 Å². The molecule has 0 amide bonds. The molecule has 0 nitrogen and oxygen atoms in total. The molecule has 3 heteroatoms. The van der Waals surface area contributed by atoms with Crippen LogP contribution in [0.15, 0.2) is 57.7 Å². The fraction of sp³-hybridized carbons (Fsp3) is 0.125. The summed E-state index contributed by atoms with van der Waals surface area (Å²) in [7, 11) is 0. The van der Waals surface area contributed by atoms with Crippen LogP contribution in [0, 0.1) is 0 Å². The molecule has 3 aromatic rings. The number of alkyl halides is 1. The Hall–Kier alpha value is -0.640. The van der Waals surface area contributed by atoms with Gasteiger partial charge in [0, 0.05) is 4.83 Å². The Bertz CT molecular complexity index is 703. The Kier molecular flexibility index (Phi) is 4.06. The largest absolute Gasteiger partial charge is 0.137 e. The average Bonchev–Trinajstić information content (AvgIpc) is 2.85. The van der Waals surface area contributed by atoms with Crippen LogP contribution in [0.2, 0.25) is 0 Å². The third-order valence-electron chi connectivity index (χ3n) is 3.18. The second-order valence-electron chi connectivity index (χ2n) is 4.54. The van der Waals surface area contributed by atoms with E-state index in [1.807, 2.05) is 0 Å². The van der Waals surface area contributed by atoms with E-state index < -0.39 is 0 Å². The predicted octanol–water partition coefficient (Wildman–Crippen LogP) is 6.34. The van der Waals surface area contributed by atoms with Gasteiger partial charge in [-0.15, -0.1) is 11.3 Å². The lowest BCUT2D eigenvalue weighted by Crippen LogP contribution is -1.93. The summed E-state index contributed by atoms with van der Waals surface area (Å²) in [6.07, 6.45) is 1.01. The summed E-state index contributed by atoms with van der Waals surface area (Å²) >= 11 is 9.03. The quantitative estimate of drug-likeness (QED) is 0.453. The number of halogens is 2. The van der Waals surface area contributed by atoms with Crippen molar-refractivity contribution in [2.75, 3.05) is 0 Å². The topological polar surface area (TPSA) is 0 Å². The number of benzene rings is 2. The Morgan fingerprint density at radius 3 is 2.53 bits per heavy atom. The van der Waals surface area contributed by atoms with Gasteiger partial charge >= 0.3 is 0 Å². The van der Waals surface area contributed by atoms with E-state index in [1.165, 1.54) is 25.7 Å². The van der Waals surface area contributed by atoms with Gasteiger partial charge in [0.15, 0.2) is 0 Å². The molecule has 1 unspecified atom stereocenters. The Morgan fingerprint density at radius 1 is 1.00 bits per heavy atom. The van der Waals surface area contributed by atoms with Crippen molar-refractivity contribution in [2.45, 2.75) is 11.2 Å². The van der Waals surface area contributed by atoms with Gasteiger partial charge in [-0.25, -0.2) is 0 Å². The van der Waals surface area contributed by atoms with Crippen molar-refractivity contribution < 1.29 is 0 Å². The number of hydrogen-bond acceptors (Lipinski definition) is 1. The van der Waals surface area contributed by atoms with E-state index in [-0.39, 0.29) is 0 Å². The van der Waals surface area contributed by atoms with Gasteiger partial charge in [-0.3, -0.25) is 0 Å². The minimum atomic E-state index is 0.371. The molecule has 1 atom stereocenters. The lowest BCUT2D eigenvalue weighted by Gasteiger charge is -2.09. The van der Waals surface area contributed by atoms with Gasteiger partial charge < -0.3 is 0 Å². The zero-order valence-electron chi connectivity index (χ0n) is 10.1. The van der Waals surface area contributed by atoms with Crippen LogP contribution in [0.1, 0.15) is 16.0 Å². The summed E-state index contributed by atoms with van der Waals surface area (Å²) in [5.74, 6) is 0. The van der Waals surface area contributed by atoms with Crippen molar-refractivity contribution in [3.8, 4) is 0 Å². The first-order valence-electron chi connectivity index (χ1n) is 6.08. The van der Waals surface area contributed by atoms with Crippen LogP contribution < -0.4 is 0 Å². The molecule has 0 saturated heterocycles. The first-order chi connectivity index (χ1) is 9.22. The minimum absolute atomic E-state index is 0.371. The highest BCUT2D eigenvalue weighted by Crippen LogP contribution is 2.33. The zero-order chi connectivity index (χ0) is 13.2. The smallest absolute Gasteiger partial charge is 0.0701 e. The molecule has 0 aliphatic heterocycles. The first-order valence-corrected chi connectivity index (χ1v) is 8.67. The number of rotatable bonds is 3. The number of thiophene rings is 1. The molecule has 0 spiro atoms. The molecule has 1 aromatic heterocycles. The van der Waals surface area contributed by atoms with E-state index in [0.717, 1.165) is 6.42 Å². The van der Waals surface area contributed by atoms with Gasteiger partial charge in [0.05, 0.1) is 3.79 Å². The van der Waals surface area contributed by atoms with E-state index in [1.54, 1.807) is 11.3 Å². The predicted molar refractivity (Wildman–Crippen MR) is 91.3 cm³/mol. The monoisotopic (exact) mass is 394 g/mol. The van der Waals surface area contributed by atoms with Crippen molar-refractivity contribution in [3.63, 3.8) is 0 Å². The SMILES string of the molecule is Brc1cc(C(Br)Cc2ccc3ccccc3c2)cs1. The maximum atomic E-state index is 3.79. The normalized spacial score (nSPS) is 12.7. The van der Waals surface area contributed by atoms with Crippen molar-refractivity contribution in [3.05, 3.63) is 68.8 Å². The molecule has 3 rings (SSSR count). The van der Waals surface area contributed by atoms with Crippen LogP contribution in [-0.4, -0.2) is 0 Å². The molecule has 0 fully saturated rings. The Balaban J connectivity index is 1.84. The molecule has 1 heterocycles. The highest BCUT2D eigenvalue weighted by molar-refractivity contribution is 9.11. The molecule has 19 heavy (non-hydrogen) atoms. The highest BCUT2D eigenvalue weighted by atomic mass is 79.9. The van der Waals surface area contributed by atoms with Gasteiger partial charge in [0.2, 0.25) is 0 Å². The van der Waals surface area contributed by atoms with Gasteiger partial charge in [0.25, 0.3) is 0 Å². The van der Waals surface area contributed by atoms with Crippen LogP contribution in [0.5, 0.6) is 0 Å². The third-order valence-corrected chi connectivity index (χ3v) is 5.55. The third kappa shape index (κ3) is 3.10. The molecule has 0 saturated carbocycles. The molecule has 0 aliphatic carbocycles. The second-order valence-corrected chi connectivity index (χ2v) is 7.93. The van der Waals surface area contributed by atoms with Crippen molar-refractivity contribution in [2.24, 2.45) is 0 Å². The van der Waals surface area contributed by atoms with Crippen molar-refractivity contribution in [1.82, 2.24) is 0 Å². The Labute approximate surface area is 133 Å². The van der Waals surface area contributed by atoms with E-state index >= 15 is 0 Å². The molecule has 0 radical (unpaired) electrons. The molecular formula is C16H12Br2S. The van der Waals surface area contributed by atoms with Crippen LogP contribution in [0.4, 0.5) is 0 Å². The van der Waals surface area contributed by atoms with Gasteiger partial charge in [0.1, 0.15) is 0 Å². The van der Waals surface area contributed by atoms with Crippen molar-refractivity contribution >= 4 is 54.0 Å². The van der Waals surface area contributed by atoms with Gasteiger partial charge in [-0.1, -0.05) is 58.4 Å². The average molecular weight is 396 g/mol. The molecular weight excluding hydrogens is 384 g/mol. The summed E-state index contributed by atoms with van der Waals surface area (Å²) in [6, 6.07) is 17.4. The van der Waals surface area contributed by atoms with E-state index in [9.17, 15) is 0 Å². The zero-order valence-corrected chi connectivity index (χ0v) is 14.1. The lowest BCUT2D eigenvalue weighted by molar-refractivity contribution is 0.956. The molecule has 96 valence electrons. The number of fused-ring (bicyclic) bond motifs is 1. The fourth-order valence-electron chi connectivity index (χ4n) is 2.18. The van der Waals surface area contributed by atoms with Crippen LogP contribution in [-0.2, 0) is 6.42 Å². The second kappa shape index (κ2) is 5.78. The maximum absolute atomic E-state index is 3.79. The molecule has 0 bridgehead atoms. The standard InChI is InChI=1S/C16H12Br2S/c17-15(14-9-16(18)19-10-14)8-11-5-6-12-3-1-2-4-13(12)7-11/h1-7,9-10,15H,8H2. The lowest BCUT2D eigenvalue weighted by atomic mass is 10.0. The Morgan fingerprint density at radius 2 is 1.79 bits per heavy atom. The van der Waals surface area contributed by atoms with E-state index in [2.05, 4.69) is 85.8 Å². The summed E-state index contributed by atoms with van der Waals surface area (Å²) in [6.45, 7) is 0.